The van der Waals surface area contributed by atoms with Gasteiger partial charge in [0.25, 0.3) is 5.91 Å². The topological polar surface area (TPSA) is 81.4 Å². The summed E-state index contributed by atoms with van der Waals surface area (Å²) in [5.41, 5.74) is 4.41. The summed E-state index contributed by atoms with van der Waals surface area (Å²) < 4.78 is 12.2. The number of aromatic nitrogens is 1. The van der Waals surface area contributed by atoms with Crippen LogP contribution in [0.5, 0.6) is 5.75 Å². The molecule has 0 spiro atoms. The Labute approximate surface area is 193 Å². The number of ether oxygens (including phenoxy) is 1. The first-order valence-electron chi connectivity index (χ1n) is 10.3. The van der Waals surface area contributed by atoms with Gasteiger partial charge in [-0.15, -0.1) is 0 Å². The van der Waals surface area contributed by atoms with Crippen LogP contribution in [0.2, 0.25) is 0 Å². The van der Waals surface area contributed by atoms with Gasteiger partial charge >= 0.3 is 0 Å². The maximum atomic E-state index is 12.7. The quantitative estimate of drug-likeness (QED) is 0.362. The summed E-state index contributed by atoms with van der Waals surface area (Å²) in [6, 6.07) is 17.8. The SMILES string of the molecule is COc1ccc2nc(NC(=O)c3ccc(-c4cc(=O)c5cc(C)cc(C)c5o4)cc3)sc2c1. The zero-order valence-electron chi connectivity index (χ0n) is 18.3. The van der Waals surface area contributed by atoms with Crippen molar-refractivity contribution in [2.45, 2.75) is 13.8 Å². The lowest BCUT2D eigenvalue weighted by molar-refractivity contribution is 0.102. The molecule has 0 saturated carbocycles. The minimum Gasteiger partial charge on any atom is -0.497 e. The van der Waals surface area contributed by atoms with Crippen LogP contribution in [0.1, 0.15) is 21.5 Å². The summed E-state index contributed by atoms with van der Waals surface area (Å²) in [4.78, 5) is 29.8. The second-order valence-corrected chi connectivity index (χ2v) is 8.85. The van der Waals surface area contributed by atoms with Gasteiger partial charge in [0.15, 0.2) is 10.6 Å². The monoisotopic (exact) mass is 456 g/mol. The Morgan fingerprint density at radius 2 is 1.82 bits per heavy atom. The van der Waals surface area contributed by atoms with E-state index in [1.165, 1.54) is 17.4 Å². The summed E-state index contributed by atoms with van der Waals surface area (Å²) in [5.74, 6) is 0.940. The zero-order chi connectivity index (χ0) is 23.1. The van der Waals surface area contributed by atoms with Gasteiger partial charge in [0.1, 0.15) is 17.1 Å². The first-order chi connectivity index (χ1) is 15.9. The van der Waals surface area contributed by atoms with Gasteiger partial charge in [0.2, 0.25) is 0 Å². The van der Waals surface area contributed by atoms with Crippen molar-refractivity contribution in [3.05, 3.63) is 87.6 Å². The minimum atomic E-state index is -0.265. The normalized spacial score (nSPS) is 11.1. The molecule has 33 heavy (non-hydrogen) atoms. The molecule has 0 fully saturated rings. The van der Waals surface area contributed by atoms with E-state index in [4.69, 9.17) is 9.15 Å². The summed E-state index contributed by atoms with van der Waals surface area (Å²) >= 11 is 1.38. The summed E-state index contributed by atoms with van der Waals surface area (Å²) in [6.45, 7) is 3.88. The van der Waals surface area contributed by atoms with Crippen molar-refractivity contribution in [3.8, 4) is 17.1 Å². The highest BCUT2D eigenvalue weighted by molar-refractivity contribution is 7.22. The van der Waals surface area contributed by atoms with Crippen LogP contribution in [0.4, 0.5) is 5.13 Å². The molecular formula is C26H20N2O4S. The van der Waals surface area contributed by atoms with Crippen LogP contribution < -0.4 is 15.5 Å². The van der Waals surface area contributed by atoms with Gasteiger partial charge < -0.3 is 9.15 Å². The second-order valence-electron chi connectivity index (χ2n) is 7.82. The summed E-state index contributed by atoms with van der Waals surface area (Å²) in [6.07, 6.45) is 0. The number of thiazole rings is 1. The molecule has 0 aliphatic carbocycles. The highest BCUT2D eigenvalue weighted by atomic mass is 32.1. The van der Waals surface area contributed by atoms with Crippen LogP contribution in [0.15, 0.2) is 69.9 Å². The van der Waals surface area contributed by atoms with E-state index >= 15 is 0 Å². The van der Waals surface area contributed by atoms with Crippen molar-refractivity contribution in [2.75, 3.05) is 12.4 Å². The van der Waals surface area contributed by atoms with Gasteiger partial charge in [-0.1, -0.05) is 29.5 Å². The predicted octanol–water partition coefficient (Wildman–Crippen LogP) is 5.95. The van der Waals surface area contributed by atoms with Gasteiger partial charge in [-0.25, -0.2) is 4.98 Å². The highest BCUT2D eigenvalue weighted by Crippen LogP contribution is 2.30. The number of carbonyl (C=O) groups is 1. The lowest BCUT2D eigenvalue weighted by Gasteiger charge is -2.07. The lowest BCUT2D eigenvalue weighted by atomic mass is 10.1. The molecular weight excluding hydrogens is 436 g/mol. The van der Waals surface area contributed by atoms with E-state index in [1.807, 2.05) is 44.2 Å². The first-order valence-corrected chi connectivity index (χ1v) is 11.1. The Bertz CT molecular complexity index is 1580. The summed E-state index contributed by atoms with van der Waals surface area (Å²) in [7, 11) is 1.61. The molecule has 1 amide bonds. The van der Waals surface area contributed by atoms with Gasteiger partial charge in [0, 0.05) is 17.2 Å². The largest absolute Gasteiger partial charge is 0.497 e. The van der Waals surface area contributed by atoms with Crippen molar-refractivity contribution in [3.63, 3.8) is 0 Å². The standard InChI is InChI=1S/C26H20N2O4S/c1-14-10-15(2)24-19(11-14)21(29)13-22(32-24)16-4-6-17(7-5-16)25(30)28-26-27-20-9-8-18(31-3)12-23(20)33-26/h4-13H,1-3H3,(H,27,28,30). The molecule has 0 atom stereocenters. The van der Waals surface area contributed by atoms with Crippen LogP contribution >= 0.6 is 11.3 Å². The van der Waals surface area contributed by atoms with E-state index in [0.29, 0.717) is 27.4 Å². The Hall–Kier alpha value is -3.97. The van der Waals surface area contributed by atoms with E-state index in [1.54, 1.807) is 31.4 Å². The number of anilines is 1. The number of hydrogen-bond donors (Lipinski definition) is 1. The van der Waals surface area contributed by atoms with E-state index in [0.717, 1.165) is 32.7 Å². The van der Waals surface area contributed by atoms with E-state index in [-0.39, 0.29) is 11.3 Å². The number of rotatable bonds is 4. The molecule has 7 heteroatoms. The van der Waals surface area contributed by atoms with Crippen molar-refractivity contribution in [2.24, 2.45) is 0 Å². The smallest absolute Gasteiger partial charge is 0.257 e. The molecule has 3 aromatic carbocycles. The van der Waals surface area contributed by atoms with Gasteiger partial charge in [0.05, 0.1) is 22.7 Å². The van der Waals surface area contributed by atoms with Crippen LogP contribution in [-0.4, -0.2) is 18.0 Å². The average molecular weight is 457 g/mol. The predicted molar refractivity (Wildman–Crippen MR) is 132 cm³/mol. The van der Waals surface area contributed by atoms with E-state index < -0.39 is 0 Å². The molecule has 5 aromatic rings. The lowest BCUT2D eigenvalue weighted by Crippen LogP contribution is -2.11. The molecule has 0 unspecified atom stereocenters. The molecule has 6 nitrogen and oxygen atoms in total. The maximum Gasteiger partial charge on any atom is 0.257 e. The molecule has 0 radical (unpaired) electrons. The Morgan fingerprint density at radius 1 is 1.03 bits per heavy atom. The van der Waals surface area contributed by atoms with Crippen LogP contribution in [0, 0.1) is 13.8 Å². The van der Waals surface area contributed by atoms with Gasteiger partial charge in [-0.05, 0) is 61.4 Å². The molecule has 2 heterocycles. The molecule has 1 N–H and O–H groups in total. The average Bonchev–Trinajstić information content (AvgIpc) is 3.21. The molecule has 164 valence electrons. The summed E-state index contributed by atoms with van der Waals surface area (Å²) in [5, 5.41) is 3.93. The van der Waals surface area contributed by atoms with Crippen molar-refractivity contribution >= 4 is 43.6 Å². The molecule has 0 aliphatic rings. The fraction of sp³-hybridized carbons (Fsp3) is 0.115. The van der Waals surface area contributed by atoms with Crippen LogP contribution in [-0.2, 0) is 0 Å². The number of benzene rings is 3. The van der Waals surface area contributed by atoms with Crippen molar-refractivity contribution in [1.82, 2.24) is 4.98 Å². The third-order valence-electron chi connectivity index (χ3n) is 5.41. The highest BCUT2D eigenvalue weighted by Gasteiger charge is 2.13. The Balaban J connectivity index is 1.40. The number of hydrogen-bond acceptors (Lipinski definition) is 6. The van der Waals surface area contributed by atoms with E-state index in [9.17, 15) is 9.59 Å². The molecule has 0 bridgehead atoms. The molecule has 5 rings (SSSR count). The number of nitrogens with one attached hydrogen (secondary N) is 1. The van der Waals surface area contributed by atoms with Crippen molar-refractivity contribution < 1.29 is 13.9 Å². The van der Waals surface area contributed by atoms with Crippen LogP contribution in [0.25, 0.3) is 32.5 Å². The third-order valence-corrected chi connectivity index (χ3v) is 6.34. The maximum absolute atomic E-state index is 12.7. The van der Waals surface area contributed by atoms with Gasteiger partial charge in [-0.3, -0.25) is 14.9 Å². The number of amides is 1. The fourth-order valence-corrected chi connectivity index (χ4v) is 4.68. The molecule has 0 aliphatic heterocycles. The number of carbonyl (C=O) groups excluding carboxylic acids is 1. The number of aryl methyl sites for hydroxylation is 2. The number of nitrogens with zero attached hydrogens (tertiary/aromatic N) is 1. The number of fused-ring (bicyclic) bond motifs is 2. The van der Waals surface area contributed by atoms with E-state index in [2.05, 4.69) is 10.3 Å². The van der Waals surface area contributed by atoms with Crippen LogP contribution in [0.3, 0.4) is 0 Å². The zero-order valence-corrected chi connectivity index (χ0v) is 19.1. The third kappa shape index (κ3) is 3.99. The Kier molecular flexibility index (Phi) is 5.18. The van der Waals surface area contributed by atoms with Gasteiger partial charge in [-0.2, -0.15) is 0 Å². The number of methoxy groups -OCH3 is 1. The second kappa shape index (κ2) is 8.18. The Morgan fingerprint density at radius 3 is 2.58 bits per heavy atom. The fourth-order valence-electron chi connectivity index (χ4n) is 3.79. The van der Waals surface area contributed by atoms with Crippen molar-refractivity contribution in [1.29, 1.82) is 0 Å². The molecule has 0 saturated heterocycles. The minimum absolute atomic E-state index is 0.0904. The molecule has 2 aromatic heterocycles. The first kappa shape index (κ1) is 20.9.